The molecule has 2 atom stereocenters. The van der Waals surface area contributed by atoms with Crippen LogP contribution in [0.5, 0.6) is 11.5 Å². The van der Waals surface area contributed by atoms with Gasteiger partial charge >= 0.3 is 11.9 Å². The van der Waals surface area contributed by atoms with Crippen LogP contribution >= 0.6 is 46.4 Å². The van der Waals surface area contributed by atoms with E-state index in [4.69, 9.17) is 65.4 Å². The number of ether oxygens (including phenoxy) is 4. The van der Waals surface area contributed by atoms with E-state index in [9.17, 15) is 9.59 Å². The molecule has 0 N–H and O–H groups in total. The van der Waals surface area contributed by atoms with Gasteiger partial charge in [-0.05, 0) is 99.8 Å². The minimum absolute atomic E-state index is 0.167. The van der Waals surface area contributed by atoms with Crippen molar-refractivity contribution in [1.82, 2.24) is 9.80 Å². The maximum absolute atomic E-state index is 12.6. The number of rotatable bonds is 18. The summed E-state index contributed by atoms with van der Waals surface area (Å²) in [5, 5.41) is 2.19. The van der Waals surface area contributed by atoms with Gasteiger partial charge in [0.25, 0.3) is 0 Å². The van der Waals surface area contributed by atoms with E-state index in [0.29, 0.717) is 31.6 Å². The van der Waals surface area contributed by atoms with Gasteiger partial charge in [-0.15, -0.1) is 0 Å². The van der Waals surface area contributed by atoms with Crippen LogP contribution < -0.4 is 9.47 Å². The number of halogens is 4. The molecule has 6 rings (SSSR count). The molecule has 2 aliphatic rings. The van der Waals surface area contributed by atoms with Crippen LogP contribution in [0.15, 0.2) is 109 Å². The first-order chi connectivity index (χ1) is 28.2. The van der Waals surface area contributed by atoms with Crippen LogP contribution in [-0.2, 0) is 19.1 Å². The van der Waals surface area contributed by atoms with E-state index in [1.807, 2.05) is 36.4 Å². The summed E-state index contributed by atoms with van der Waals surface area (Å²) >= 11 is 25.2. The second-order valence-corrected chi connectivity index (χ2v) is 16.4. The Hall–Kier alpha value is -3.76. The monoisotopic (exact) mass is 866 g/mol. The molecule has 0 amide bonds. The summed E-state index contributed by atoms with van der Waals surface area (Å²) in [5.74, 6) is 0.0869. The van der Waals surface area contributed by atoms with Crippen molar-refractivity contribution in [3.8, 4) is 11.5 Å². The van der Waals surface area contributed by atoms with Crippen molar-refractivity contribution >= 4 is 58.3 Å². The van der Waals surface area contributed by atoms with E-state index in [1.165, 1.54) is 12.2 Å². The lowest BCUT2D eigenvalue weighted by molar-refractivity contribution is -0.148. The number of piperidine rings is 2. The first-order valence-corrected chi connectivity index (χ1v) is 21.6. The maximum Gasteiger partial charge on any atom is 0.331 e. The van der Waals surface area contributed by atoms with Gasteiger partial charge < -0.3 is 28.7 Å². The van der Waals surface area contributed by atoms with Gasteiger partial charge in [0.05, 0.1) is 10.0 Å². The molecule has 12 heteroatoms. The normalized spacial score (nSPS) is 16.8. The molecular weight excluding hydrogens is 818 g/mol. The van der Waals surface area contributed by atoms with Gasteiger partial charge in [0, 0.05) is 60.5 Å². The van der Waals surface area contributed by atoms with Crippen molar-refractivity contribution in [1.29, 1.82) is 0 Å². The van der Waals surface area contributed by atoms with Gasteiger partial charge in [-0.25, -0.2) is 9.59 Å². The molecule has 2 saturated heterocycles. The molecule has 58 heavy (non-hydrogen) atoms. The average Bonchev–Trinajstić information content (AvgIpc) is 3.23. The Bertz CT molecular complexity index is 1800. The number of carbonyl (C=O) groups is 2. The molecule has 4 aromatic carbocycles. The van der Waals surface area contributed by atoms with Crippen LogP contribution in [0.25, 0.3) is 0 Å². The number of likely N-dealkylation sites (tertiary alicyclic amines) is 2. The van der Waals surface area contributed by atoms with E-state index in [0.717, 1.165) is 102 Å². The fourth-order valence-corrected chi connectivity index (χ4v) is 8.06. The molecule has 0 aliphatic carbocycles. The van der Waals surface area contributed by atoms with E-state index in [-0.39, 0.29) is 24.4 Å². The Kier molecular flexibility index (Phi) is 17.0. The Morgan fingerprint density at radius 3 is 1.33 bits per heavy atom. The molecule has 0 spiro atoms. The molecule has 2 aliphatic heterocycles. The van der Waals surface area contributed by atoms with Crippen molar-refractivity contribution in [3.63, 3.8) is 0 Å². The van der Waals surface area contributed by atoms with Crippen molar-refractivity contribution in [2.75, 3.05) is 39.3 Å². The summed E-state index contributed by atoms with van der Waals surface area (Å²) in [6.45, 7) is 5.06. The zero-order chi connectivity index (χ0) is 40.7. The maximum atomic E-state index is 12.6. The lowest BCUT2D eigenvalue weighted by Crippen LogP contribution is -2.38. The average molecular weight is 869 g/mol. The summed E-state index contributed by atoms with van der Waals surface area (Å²) in [6, 6.07) is 30.7. The molecular formula is C46H50Cl4N2O6. The highest BCUT2D eigenvalue weighted by molar-refractivity contribution is 6.34. The van der Waals surface area contributed by atoms with Gasteiger partial charge in [0.15, 0.2) is 0 Å². The van der Waals surface area contributed by atoms with Gasteiger partial charge in [-0.3, -0.25) is 0 Å². The highest BCUT2D eigenvalue weighted by Crippen LogP contribution is 2.35. The van der Waals surface area contributed by atoms with Crippen molar-refractivity contribution in [3.05, 3.63) is 140 Å². The molecule has 0 bridgehead atoms. The molecule has 2 unspecified atom stereocenters. The summed E-state index contributed by atoms with van der Waals surface area (Å²) in [4.78, 5) is 29.9. The lowest BCUT2D eigenvalue weighted by Gasteiger charge is -2.32. The molecule has 2 heterocycles. The third-order valence-corrected chi connectivity index (χ3v) is 11.6. The molecule has 308 valence electrons. The fourth-order valence-electron chi connectivity index (χ4n) is 7.41. The molecule has 8 nitrogen and oxygen atoms in total. The zero-order valence-electron chi connectivity index (χ0n) is 32.5. The van der Waals surface area contributed by atoms with Crippen LogP contribution in [-0.4, -0.2) is 73.2 Å². The highest BCUT2D eigenvalue weighted by atomic mass is 35.5. The smallest absolute Gasteiger partial charge is 0.331 e. The molecule has 0 saturated carbocycles. The van der Waals surface area contributed by atoms with Crippen LogP contribution in [0.1, 0.15) is 74.7 Å². The minimum Gasteiger partial charge on any atom is -0.484 e. The Morgan fingerprint density at radius 2 is 0.948 bits per heavy atom. The second kappa shape index (κ2) is 22.6. The first-order valence-electron chi connectivity index (χ1n) is 20.1. The van der Waals surface area contributed by atoms with Gasteiger partial charge in [0.1, 0.15) is 35.9 Å². The molecule has 4 aromatic rings. The number of hydrogen-bond acceptors (Lipinski definition) is 8. The molecule has 0 radical (unpaired) electrons. The van der Waals surface area contributed by atoms with Crippen LogP contribution in [0.4, 0.5) is 0 Å². The Morgan fingerprint density at radius 1 is 0.569 bits per heavy atom. The number of nitrogens with zero attached hydrogens (tertiary/aromatic N) is 2. The van der Waals surface area contributed by atoms with Crippen molar-refractivity contribution in [2.24, 2.45) is 0 Å². The van der Waals surface area contributed by atoms with E-state index >= 15 is 0 Å². The number of hydrogen-bond donors (Lipinski definition) is 0. The second-order valence-electron chi connectivity index (χ2n) is 14.8. The van der Waals surface area contributed by atoms with Crippen LogP contribution in [0.2, 0.25) is 20.1 Å². The lowest BCUT2D eigenvalue weighted by atomic mass is 10.0. The first kappa shape index (κ1) is 43.8. The summed E-state index contributed by atoms with van der Waals surface area (Å²) in [6.07, 6.45) is 8.01. The Balaban J connectivity index is 0.855. The fraction of sp³-hybridized carbons (Fsp3) is 0.391. The summed E-state index contributed by atoms with van der Waals surface area (Å²) in [7, 11) is 0. The summed E-state index contributed by atoms with van der Waals surface area (Å²) < 4.78 is 24.1. The molecule has 0 aromatic heterocycles. The predicted octanol–water partition coefficient (Wildman–Crippen LogP) is 11.4. The van der Waals surface area contributed by atoms with Crippen molar-refractivity contribution in [2.45, 2.75) is 75.8 Å². The minimum atomic E-state index is -0.525. The van der Waals surface area contributed by atoms with E-state index < -0.39 is 11.9 Å². The largest absolute Gasteiger partial charge is 0.484 e. The van der Waals surface area contributed by atoms with Crippen molar-refractivity contribution < 1.29 is 28.5 Å². The topological polar surface area (TPSA) is 77.5 Å². The quantitative estimate of drug-likeness (QED) is 0.0723. The van der Waals surface area contributed by atoms with Gasteiger partial charge in [-0.2, -0.15) is 0 Å². The molecule has 2 fully saturated rings. The number of carbonyl (C=O) groups excluding carboxylic acids is 2. The Labute approximate surface area is 361 Å². The third-order valence-electron chi connectivity index (χ3n) is 10.5. The van der Waals surface area contributed by atoms with Crippen LogP contribution in [0, 0.1) is 0 Å². The predicted molar refractivity (Wildman–Crippen MR) is 231 cm³/mol. The third kappa shape index (κ3) is 13.9. The van der Waals surface area contributed by atoms with Crippen LogP contribution in [0.3, 0.4) is 0 Å². The van der Waals surface area contributed by atoms with E-state index in [2.05, 4.69) is 34.1 Å². The standard InChI is InChI=1S/C46H50Cl4N2O6/c47-35-15-17-39(49)43(31-35)57-41(33-9-3-1-4-10-33)13-7-25-51-27-21-37(22-28-51)55-45(53)19-20-46(54)56-38-23-29-52(30-24-38)26-8-14-42(34-11-5-2-6-12-34)58-44-32-36(48)16-18-40(44)50/h1-6,9-12,15-20,31-32,37-38,41-42H,7-8,13-14,21-30H2/b20-19+. The highest BCUT2D eigenvalue weighted by Gasteiger charge is 2.25. The number of benzene rings is 4. The zero-order valence-corrected chi connectivity index (χ0v) is 35.5. The van der Waals surface area contributed by atoms with Gasteiger partial charge in [-0.1, -0.05) is 107 Å². The van der Waals surface area contributed by atoms with E-state index in [1.54, 1.807) is 36.4 Å². The SMILES string of the molecule is O=C(/C=C/C(=O)OC1CCN(CCCC(Oc2cc(Cl)ccc2Cl)c2ccccc2)CC1)OC1CCN(CCCC(Oc2cc(Cl)ccc2Cl)c2ccccc2)CC1. The number of esters is 2. The van der Waals surface area contributed by atoms with Gasteiger partial charge in [0.2, 0.25) is 0 Å². The summed E-state index contributed by atoms with van der Waals surface area (Å²) in [5.41, 5.74) is 2.16.